The van der Waals surface area contributed by atoms with Crippen molar-refractivity contribution in [3.8, 4) is 11.8 Å². The SMILES string of the molecule is COC(=O)c1ccc(COc2cccc(Cl)c2C#N)nc1. The zero-order chi connectivity index (χ0) is 15.2. The Kier molecular flexibility index (Phi) is 4.75. The number of pyridine rings is 1. The summed E-state index contributed by atoms with van der Waals surface area (Å²) in [4.78, 5) is 15.4. The smallest absolute Gasteiger partial charge is 0.339 e. The van der Waals surface area contributed by atoms with Crippen LogP contribution in [0.25, 0.3) is 0 Å². The van der Waals surface area contributed by atoms with Gasteiger partial charge in [0.05, 0.1) is 23.4 Å². The van der Waals surface area contributed by atoms with Gasteiger partial charge in [-0.1, -0.05) is 17.7 Å². The van der Waals surface area contributed by atoms with Crippen molar-refractivity contribution in [1.82, 2.24) is 4.98 Å². The van der Waals surface area contributed by atoms with Gasteiger partial charge in [0, 0.05) is 6.20 Å². The number of ether oxygens (including phenoxy) is 2. The molecule has 2 rings (SSSR count). The van der Waals surface area contributed by atoms with Gasteiger partial charge < -0.3 is 9.47 Å². The van der Waals surface area contributed by atoms with Gasteiger partial charge in [-0.25, -0.2) is 4.79 Å². The van der Waals surface area contributed by atoms with Gasteiger partial charge in [-0.15, -0.1) is 0 Å². The molecule has 106 valence electrons. The molecule has 0 fully saturated rings. The molecule has 21 heavy (non-hydrogen) atoms. The van der Waals surface area contributed by atoms with Crippen LogP contribution in [0.4, 0.5) is 0 Å². The highest BCUT2D eigenvalue weighted by Crippen LogP contribution is 2.25. The lowest BCUT2D eigenvalue weighted by Crippen LogP contribution is -2.04. The molecule has 0 aliphatic carbocycles. The zero-order valence-electron chi connectivity index (χ0n) is 11.2. The molecule has 1 aromatic heterocycles. The van der Waals surface area contributed by atoms with E-state index in [4.69, 9.17) is 21.6 Å². The van der Waals surface area contributed by atoms with E-state index in [-0.39, 0.29) is 12.2 Å². The molecular weight excluding hydrogens is 292 g/mol. The third kappa shape index (κ3) is 3.50. The van der Waals surface area contributed by atoms with Crippen molar-refractivity contribution >= 4 is 17.6 Å². The number of carbonyl (C=O) groups excluding carboxylic acids is 1. The molecule has 6 heteroatoms. The molecule has 0 N–H and O–H groups in total. The number of methoxy groups -OCH3 is 1. The Morgan fingerprint density at radius 3 is 2.81 bits per heavy atom. The molecule has 1 heterocycles. The second kappa shape index (κ2) is 6.73. The summed E-state index contributed by atoms with van der Waals surface area (Å²) in [5.41, 5.74) is 1.26. The lowest BCUT2D eigenvalue weighted by atomic mass is 10.2. The molecule has 0 saturated heterocycles. The van der Waals surface area contributed by atoms with Crippen LogP contribution < -0.4 is 4.74 Å². The minimum atomic E-state index is -0.448. The molecule has 0 aliphatic heterocycles. The maximum atomic E-state index is 11.3. The fourth-order valence-electron chi connectivity index (χ4n) is 1.63. The van der Waals surface area contributed by atoms with Gasteiger partial charge in [-0.2, -0.15) is 5.26 Å². The van der Waals surface area contributed by atoms with E-state index in [1.165, 1.54) is 13.3 Å². The summed E-state index contributed by atoms with van der Waals surface area (Å²) in [6.07, 6.45) is 1.41. The summed E-state index contributed by atoms with van der Waals surface area (Å²) in [5, 5.41) is 9.38. The average Bonchev–Trinajstić information content (AvgIpc) is 2.52. The summed E-state index contributed by atoms with van der Waals surface area (Å²) in [6, 6.07) is 10.2. The maximum absolute atomic E-state index is 11.3. The lowest BCUT2D eigenvalue weighted by molar-refractivity contribution is 0.0600. The third-order valence-electron chi connectivity index (χ3n) is 2.71. The Balaban J connectivity index is 2.09. The highest BCUT2D eigenvalue weighted by Gasteiger charge is 2.09. The van der Waals surface area contributed by atoms with E-state index in [1.807, 2.05) is 6.07 Å². The van der Waals surface area contributed by atoms with Crippen LogP contribution in [0, 0.1) is 11.3 Å². The van der Waals surface area contributed by atoms with E-state index in [9.17, 15) is 4.79 Å². The number of nitrogens with zero attached hydrogens (tertiary/aromatic N) is 2. The topological polar surface area (TPSA) is 72.2 Å². The molecule has 5 nitrogen and oxygen atoms in total. The standard InChI is InChI=1S/C15H11ClN2O3/c1-20-15(19)10-5-6-11(18-8-10)9-21-14-4-2-3-13(16)12(14)7-17/h2-6,8H,9H2,1H3. The number of aromatic nitrogens is 1. The third-order valence-corrected chi connectivity index (χ3v) is 3.02. The predicted octanol–water partition coefficient (Wildman–Crippen LogP) is 2.97. The second-order valence-electron chi connectivity index (χ2n) is 4.04. The molecule has 0 saturated carbocycles. The van der Waals surface area contributed by atoms with Crippen molar-refractivity contribution in [2.24, 2.45) is 0 Å². The Labute approximate surface area is 126 Å². The summed E-state index contributed by atoms with van der Waals surface area (Å²) >= 11 is 5.91. The molecule has 2 aromatic rings. The van der Waals surface area contributed by atoms with Gasteiger partial charge in [-0.05, 0) is 24.3 Å². The highest BCUT2D eigenvalue weighted by molar-refractivity contribution is 6.31. The number of nitriles is 1. The normalized spacial score (nSPS) is 9.76. The number of rotatable bonds is 4. The molecule has 0 atom stereocenters. The number of halogens is 1. The number of esters is 1. The van der Waals surface area contributed by atoms with Crippen LogP contribution in [0.5, 0.6) is 5.75 Å². The van der Waals surface area contributed by atoms with E-state index < -0.39 is 5.97 Å². The molecule has 0 amide bonds. The van der Waals surface area contributed by atoms with Crippen molar-refractivity contribution < 1.29 is 14.3 Å². The van der Waals surface area contributed by atoms with Crippen LogP contribution in [0.15, 0.2) is 36.5 Å². The largest absolute Gasteiger partial charge is 0.486 e. The fourth-order valence-corrected chi connectivity index (χ4v) is 1.84. The van der Waals surface area contributed by atoms with Crippen LogP contribution in [-0.4, -0.2) is 18.1 Å². The first-order chi connectivity index (χ1) is 10.2. The van der Waals surface area contributed by atoms with Gasteiger partial charge in [0.1, 0.15) is 24.0 Å². The van der Waals surface area contributed by atoms with Crippen LogP contribution >= 0.6 is 11.6 Å². The summed E-state index contributed by atoms with van der Waals surface area (Å²) in [7, 11) is 1.31. The summed E-state index contributed by atoms with van der Waals surface area (Å²) < 4.78 is 10.1. The van der Waals surface area contributed by atoms with Crippen molar-refractivity contribution in [2.45, 2.75) is 6.61 Å². The average molecular weight is 303 g/mol. The highest BCUT2D eigenvalue weighted by atomic mass is 35.5. The summed E-state index contributed by atoms with van der Waals surface area (Å²) in [6.45, 7) is 0.163. The van der Waals surface area contributed by atoms with E-state index in [0.717, 1.165) is 0 Å². The number of hydrogen-bond donors (Lipinski definition) is 0. The Hall–Kier alpha value is -2.58. The van der Waals surface area contributed by atoms with Gasteiger partial charge in [0.2, 0.25) is 0 Å². The van der Waals surface area contributed by atoms with Gasteiger partial charge in [-0.3, -0.25) is 4.98 Å². The van der Waals surface area contributed by atoms with Crippen LogP contribution in [0.2, 0.25) is 5.02 Å². The number of carbonyl (C=O) groups is 1. The van der Waals surface area contributed by atoms with Crippen LogP contribution in [0.1, 0.15) is 21.6 Å². The maximum Gasteiger partial charge on any atom is 0.339 e. The van der Waals surface area contributed by atoms with Crippen molar-refractivity contribution in [3.05, 3.63) is 58.4 Å². The lowest BCUT2D eigenvalue weighted by Gasteiger charge is -2.08. The molecule has 1 aromatic carbocycles. The molecule has 0 aliphatic rings. The minimum absolute atomic E-state index is 0.163. The van der Waals surface area contributed by atoms with Crippen molar-refractivity contribution in [2.75, 3.05) is 7.11 Å². The predicted molar refractivity (Wildman–Crippen MR) is 76.1 cm³/mol. The first-order valence-corrected chi connectivity index (χ1v) is 6.38. The Bertz CT molecular complexity index is 693. The van der Waals surface area contributed by atoms with E-state index in [2.05, 4.69) is 9.72 Å². The first kappa shape index (κ1) is 14.8. The van der Waals surface area contributed by atoms with Gasteiger partial charge in [0.15, 0.2) is 0 Å². The molecule has 0 radical (unpaired) electrons. The minimum Gasteiger partial charge on any atom is -0.486 e. The van der Waals surface area contributed by atoms with Gasteiger partial charge >= 0.3 is 5.97 Å². The van der Waals surface area contributed by atoms with Crippen LogP contribution in [-0.2, 0) is 11.3 Å². The molecule has 0 bridgehead atoms. The second-order valence-corrected chi connectivity index (χ2v) is 4.45. The van der Waals surface area contributed by atoms with E-state index >= 15 is 0 Å². The van der Waals surface area contributed by atoms with Crippen molar-refractivity contribution in [3.63, 3.8) is 0 Å². The summed E-state index contributed by atoms with van der Waals surface area (Å²) in [5.74, 6) is -0.0552. The van der Waals surface area contributed by atoms with E-state index in [1.54, 1.807) is 30.3 Å². The monoisotopic (exact) mass is 302 g/mol. The Morgan fingerprint density at radius 2 is 2.19 bits per heavy atom. The Morgan fingerprint density at radius 1 is 1.38 bits per heavy atom. The first-order valence-electron chi connectivity index (χ1n) is 6.00. The number of hydrogen-bond acceptors (Lipinski definition) is 5. The fraction of sp³-hybridized carbons (Fsp3) is 0.133. The quantitative estimate of drug-likeness (QED) is 0.812. The van der Waals surface area contributed by atoms with Crippen LogP contribution in [0.3, 0.4) is 0 Å². The van der Waals surface area contributed by atoms with E-state index in [0.29, 0.717) is 22.0 Å². The number of benzene rings is 1. The zero-order valence-corrected chi connectivity index (χ0v) is 11.9. The van der Waals surface area contributed by atoms with Gasteiger partial charge in [0.25, 0.3) is 0 Å². The molecule has 0 unspecified atom stereocenters. The van der Waals surface area contributed by atoms with Crippen molar-refractivity contribution in [1.29, 1.82) is 5.26 Å². The molecule has 0 spiro atoms. The molecular formula is C15H11ClN2O3.